The Morgan fingerprint density at radius 1 is 1.18 bits per heavy atom. The summed E-state index contributed by atoms with van der Waals surface area (Å²) in [5, 5.41) is 22.8. The number of hydrogen-bond donors (Lipinski definition) is 5. The Hall–Kier alpha value is -2.79. The molecule has 0 aliphatic carbocycles. The number of anilines is 1. The average Bonchev–Trinajstić information content (AvgIpc) is 2.49. The number of nitrogens with one attached hydrogen (secondary N) is 3. The molecule has 6 N–H and O–H groups in total. The van der Waals surface area contributed by atoms with E-state index in [4.69, 9.17) is 31.2 Å². The van der Waals surface area contributed by atoms with Crippen molar-refractivity contribution < 1.29 is 19.5 Å². The molecule has 8 nitrogen and oxygen atoms in total. The lowest BCUT2D eigenvalue weighted by Crippen LogP contribution is -2.29. The summed E-state index contributed by atoms with van der Waals surface area (Å²) in [4.78, 5) is 27.7. The molecule has 0 aliphatic rings. The summed E-state index contributed by atoms with van der Waals surface area (Å²) in [6.45, 7) is 0.609. The predicted octanol–water partition coefficient (Wildman–Crippen LogP) is 1.48. The highest BCUT2D eigenvalue weighted by atomic mass is 16.4. The minimum absolute atomic E-state index is 0.533. The van der Waals surface area contributed by atoms with Gasteiger partial charge < -0.3 is 16.2 Å². The average molecular weight is 308 g/mol. The molecule has 22 heavy (non-hydrogen) atoms. The zero-order chi connectivity index (χ0) is 17.2. The van der Waals surface area contributed by atoms with Crippen molar-refractivity contribution in [1.82, 2.24) is 0 Å². The van der Waals surface area contributed by atoms with E-state index < -0.39 is 12.0 Å². The van der Waals surface area contributed by atoms with Gasteiger partial charge in [-0.1, -0.05) is 18.2 Å². The second kappa shape index (κ2) is 16.3. The van der Waals surface area contributed by atoms with Crippen molar-refractivity contribution in [1.29, 1.82) is 10.8 Å². The molecule has 0 aliphatic heterocycles. The number of carbonyl (C=O) groups excluding carboxylic acids is 2. The molecular weight excluding hydrogens is 288 g/mol. The highest BCUT2D eigenvalue weighted by molar-refractivity contribution is 5.77. The van der Waals surface area contributed by atoms with Gasteiger partial charge in [-0.15, -0.1) is 0 Å². The number of carboxylic acid groups (broad SMARTS) is 1. The van der Waals surface area contributed by atoms with Crippen LogP contribution in [0.3, 0.4) is 0 Å². The molecule has 0 spiro atoms. The first-order chi connectivity index (χ1) is 10.6. The molecule has 8 heteroatoms. The molecule has 0 radical (unpaired) electrons. The fourth-order valence-corrected chi connectivity index (χ4v) is 1.49. The molecule has 0 heterocycles. The van der Waals surface area contributed by atoms with Crippen LogP contribution in [0.4, 0.5) is 5.69 Å². The van der Waals surface area contributed by atoms with Crippen LogP contribution in [0.2, 0.25) is 0 Å². The molecule has 1 aromatic carbocycles. The van der Waals surface area contributed by atoms with Crippen LogP contribution >= 0.6 is 0 Å². The maximum absolute atomic E-state index is 11.0. The SMILES string of the molecule is N=C=O.N=C=O.NCCCCC(Nc1ccccc1)C(=O)O. The van der Waals surface area contributed by atoms with Crippen LogP contribution < -0.4 is 11.1 Å². The van der Waals surface area contributed by atoms with E-state index in [1.807, 2.05) is 30.3 Å². The minimum Gasteiger partial charge on any atom is -0.480 e. The number of benzene rings is 1. The molecule has 0 saturated heterocycles. The van der Waals surface area contributed by atoms with Crippen LogP contribution in [0.5, 0.6) is 0 Å². The van der Waals surface area contributed by atoms with Gasteiger partial charge in [0, 0.05) is 5.69 Å². The van der Waals surface area contributed by atoms with Crippen LogP contribution in [-0.2, 0) is 14.4 Å². The Balaban J connectivity index is 0. The van der Waals surface area contributed by atoms with Crippen LogP contribution in [-0.4, -0.2) is 35.8 Å². The van der Waals surface area contributed by atoms with Gasteiger partial charge in [-0.25, -0.2) is 25.2 Å². The number of unbranched alkanes of at least 4 members (excludes halogenated alkanes) is 1. The first-order valence-electron chi connectivity index (χ1n) is 6.39. The highest BCUT2D eigenvalue weighted by Gasteiger charge is 2.15. The summed E-state index contributed by atoms with van der Waals surface area (Å²) in [5.41, 5.74) is 6.21. The zero-order valence-electron chi connectivity index (χ0n) is 12.0. The second-order valence-corrected chi connectivity index (χ2v) is 3.89. The minimum atomic E-state index is -0.819. The number of para-hydroxylation sites is 1. The first-order valence-corrected chi connectivity index (χ1v) is 6.39. The highest BCUT2D eigenvalue weighted by Crippen LogP contribution is 2.11. The predicted molar refractivity (Wildman–Crippen MR) is 81.2 cm³/mol. The van der Waals surface area contributed by atoms with Gasteiger partial charge in [-0.3, -0.25) is 0 Å². The zero-order valence-corrected chi connectivity index (χ0v) is 12.0. The molecule has 0 amide bonds. The van der Waals surface area contributed by atoms with Crippen LogP contribution in [0.25, 0.3) is 0 Å². The fourth-order valence-electron chi connectivity index (χ4n) is 1.49. The third kappa shape index (κ3) is 13.6. The number of carboxylic acids is 1. The van der Waals surface area contributed by atoms with E-state index in [9.17, 15) is 4.79 Å². The Labute approximate surface area is 128 Å². The summed E-state index contributed by atoms with van der Waals surface area (Å²) in [6, 6.07) is 8.84. The van der Waals surface area contributed by atoms with Gasteiger partial charge in [-0.05, 0) is 37.9 Å². The Kier molecular flexibility index (Phi) is 15.9. The standard InChI is InChI=1S/C12H18N2O2.2CHNO/c13-9-5-4-8-11(12(15)16)14-10-6-2-1-3-7-10;2*2-1-3/h1-3,6-7,11,14H,4-5,8-9,13H2,(H,15,16);2*2H. The van der Waals surface area contributed by atoms with Crippen molar-refractivity contribution in [3.8, 4) is 0 Å². The molecular formula is C14H20N4O4. The van der Waals surface area contributed by atoms with E-state index in [2.05, 4.69) is 5.32 Å². The summed E-state index contributed by atoms with van der Waals surface area (Å²) >= 11 is 0. The number of hydrogen-bond acceptors (Lipinski definition) is 7. The molecule has 0 fully saturated rings. The quantitative estimate of drug-likeness (QED) is 0.291. The molecule has 1 rings (SSSR count). The van der Waals surface area contributed by atoms with Crippen molar-refractivity contribution in [2.45, 2.75) is 25.3 Å². The van der Waals surface area contributed by atoms with E-state index in [1.54, 1.807) is 0 Å². The lowest BCUT2D eigenvalue weighted by molar-refractivity contribution is -0.138. The van der Waals surface area contributed by atoms with Gasteiger partial charge in [-0.2, -0.15) is 0 Å². The van der Waals surface area contributed by atoms with Gasteiger partial charge in [0.25, 0.3) is 0 Å². The monoisotopic (exact) mass is 308 g/mol. The topological polar surface area (TPSA) is 157 Å². The third-order valence-corrected chi connectivity index (χ3v) is 2.36. The van der Waals surface area contributed by atoms with E-state index in [0.29, 0.717) is 13.0 Å². The first kappa shape index (κ1) is 21.5. The maximum atomic E-state index is 11.0. The van der Waals surface area contributed by atoms with Crippen molar-refractivity contribution in [3.63, 3.8) is 0 Å². The Bertz CT molecular complexity index is 455. The number of carbonyl (C=O) groups is 1. The summed E-state index contributed by atoms with van der Waals surface area (Å²) < 4.78 is 0. The molecule has 0 aromatic heterocycles. The lowest BCUT2D eigenvalue weighted by atomic mass is 10.1. The number of nitrogens with two attached hydrogens (primary N) is 1. The maximum Gasteiger partial charge on any atom is 0.326 e. The van der Waals surface area contributed by atoms with Gasteiger partial charge in [0.2, 0.25) is 12.2 Å². The van der Waals surface area contributed by atoms with Crippen molar-refractivity contribution >= 4 is 23.8 Å². The van der Waals surface area contributed by atoms with Crippen molar-refractivity contribution in [3.05, 3.63) is 30.3 Å². The lowest BCUT2D eigenvalue weighted by Gasteiger charge is -2.15. The van der Waals surface area contributed by atoms with E-state index >= 15 is 0 Å². The van der Waals surface area contributed by atoms with E-state index in [0.717, 1.165) is 30.7 Å². The van der Waals surface area contributed by atoms with Crippen LogP contribution in [0, 0.1) is 10.8 Å². The normalized spacial score (nSPS) is 9.50. The Morgan fingerprint density at radius 2 is 1.68 bits per heavy atom. The van der Waals surface area contributed by atoms with Gasteiger partial charge in [0.15, 0.2) is 0 Å². The van der Waals surface area contributed by atoms with Crippen molar-refractivity contribution in [2.24, 2.45) is 5.73 Å². The van der Waals surface area contributed by atoms with Gasteiger partial charge >= 0.3 is 5.97 Å². The summed E-state index contributed by atoms with van der Waals surface area (Å²) in [5.74, 6) is -0.819. The number of aliphatic carboxylic acids is 1. The summed E-state index contributed by atoms with van der Waals surface area (Å²) in [7, 11) is 0. The molecule has 0 saturated carbocycles. The fraction of sp³-hybridized carbons (Fsp3) is 0.357. The van der Waals surface area contributed by atoms with E-state index in [-0.39, 0.29) is 0 Å². The van der Waals surface area contributed by atoms with Crippen LogP contribution in [0.15, 0.2) is 30.3 Å². The molecule has 120 valence electrons. The largest absolute Gasteiger partial charge is 0.480 e. The Morgan fingerprint density at radius 3 is 2.09 bits per heavy atom. The molecule has 1 atom stereocenters. The molecule has 1 aromatic rings. The summed E-state index contributed by atoms with van der Waals surface area (Å²) in [6.07, 6.45) is 3.79. The molecule has 0 bridgehead atoms. The third-order valence-electron chi connectivity index (χ3n) is 2.36. The number of rotatable bonds is 7. The smallest absolute Gasteiger partial charge is 0.326 e. The van der Waals surface area contributed by atoms with Gasteiger partial charge in [0.1, 0.15) is 6.04 Å². The van der Waals surface area contributed by atoms with Crippen molar-refractivity contribution in [2.75, 3.05) is 11.9 Å². The number of isocyanates is 2. The van der Waals surface area contributed by atoms with Gasteiger partial charge in [0.05, 0.1) is 0 Å². The second-order valence-electron chi connectivity index (χ2n) is 3.89. The molecule has 1 unspecified atom stereocenters. The van der Waals surface area contributed by atoms with E-state index in [1.165, 1.54) is 0 Å². The van der Waals surface area contributed by atoms with Crippen LogP contribution in [0.1, 0.15) is 19.3 Å².